The molecule has 0 N–H and O–H groups in total. The summed E-state index contributed by atoms with van der Waals surface area (Å²) in [5.74, 6) is 0. The summed E-state index contributed by atoms with van der Waals surface area (Å²) in [5.41, 5.74) is 5.42. The van der Waals surface area contributed by atoms with Gasteiger partial charge in [-0.2, -0.15) is 0 Å². The highest BCUT2D eigenvalue weighted by molar-refractivity contribution is 6.08. The molecule has 2 heteroatoms. The molecule has 0 spiro atoms. The lowest BCUT2D eigenvalue weighted by molar-refractivity contribution is 0.0871. The van der Waals surface area contributed by atoms with E-state index in [9.17, 15) is 0 Å². The first-order valence-electron chi connectivity index (χ1n) is 7.80. The van der Waals surface area contributed by atoms with Gasteiger partial charge in [-0.15, -0.1) is 0 Å². The summed E-state index contributed by atoms with van der Waals surface area (Å²) in [4.78, 5) is 4.81. The molecule has 0 aliphatic carbocycles. The Morgan fingerprint density at radius 2 is 1.39 bits per heavy atom. The van der Waals surface area contributed by atoms with Crippen LogP contribution in [0.1, 0.15) is 22.8 Å². The third-order valence-electron chi connectivity index (χ3n) is 4.04. The lowest BCUT2D eigenvalue weighted by Gasteiger charge is -2.16. The fourth-order valence-electron chi connectivity index (χ4n) is 2.89. The molecule has 0 aromatic heterocycles. The van der Waals surface area contributed by atoms with Crippen molar-refractivity contribution in [3.63, 3.8) is 0 Å². The number of fused-ring (bicyclic) bond motifs is 1. The predicted octanol–water partition coefficient (Wildman–Crippen LogP) is 5.08. The van der Waals surface area contributed by atoms with E-state index in [1.54, 1.807) is 0 Å². The Kier molecular flexibility index (Phi) is 3.75. The summed E-state index contributed by atoms with van der Waals surface area (Å²) < 4.78 is 6.25. The van der Waals surface area contributed by atoms with E-state index in [2.05, 4.69) is 30.3 Å². The van der Waals surface area contributed by atoms with Crippen LogP contribution in [0, 0.1) is 0 Å². The highest BCUT2D eigenvalue weighted by atomic mass is 16.5. The molecule has 2 nitrogen and oxygen atoms in total. The molecule has 0 saturated heterocycles. The van der Waals surface area contributed by atoms with Gasteiger partial charge in [0.2, 0.25) is 0 Å². The van der Waals surface area contributed by atoms with Crippen LogP contribution in [0.15, 0.2) is 89.9 Å². The summed E-state index contributed by atoms with van der Waals surface area (Å²) in [6, 6.07) is 28.7. The van der Waals surface area contributed by atoms with Crippen molar-refractivity contribution in [3.05, 3.63) is 102 Å². The monoisotopic (exact) mass is 299 g/mol. The molecule has 1 aliphatic rings. The van der Waals surface area contributed by atoms with Crippen LogP contribution in [0.2, 0.25) is 0 Å². The molecular formula is C21H17NO. The normalized spacial score (nSPS) is 16.0. The van der Waals surface area contributed by atoms with Crippen molar-refractivity contribution >= 4 is 11.4 Å². The van der Waals surface area contributed by atoms with Crippen molar-refractivity contribution in [2.45, 2.75) is 12.7 Å². The molecular weight excluding hydrogens is 282 g/mol. The topological polar surface area (TPSA) is 21.6 Å². The Morgan fingerprint density at radius 1 is 0.739 bits per heavy atom. The van der Waals surface area contributed by atoms with E-state index in [1.165, 1.54) is 5.56 Å². The Morgan fingerprint density at radius 3 is 2.17 bits per heavy atom. The smallest absolute Gasteiger partial charge is 0.128 e. The van der Waals surface area contributed by atoms with E-state index in [0.717, 1.165) is 22.5 Å². The summed E-state index contributed by atoms with van der Waals surface area (Å²) >= 11 is 0. The van der Waals surface area contributed by atoms with E-state index < -0.39 is 0 Å². The van der Waals surface area contributed by atoms with Gasteiger partial charge in [0.25, 0.3) is 0 Å². The summed E-state index contributed by atoms with van der Waals surface area (Å²) in [6.07, 6.45) is -0.117. The van der Waals surface area contributed by atoms with Gasteiger partial charge in [-0.25, -0.2) is 4.99 Å². The second-order valence-corrected chi connectivity index (χ2v) is 5.60. The lowest BCUT2D eigenvalue weighted by Crippen LogP contribution is -2.13. The number of benzene rings is 3. The van der Waals surface area contributed by atoms with Crippen molar-refractivity contribution < 1.29 is 4.74 Å². The third kappa shape index (κ3) is 2.81. The first-order chi connectivity index (χ1) is 11.4. The van der Waals surface area contributed by atoms with Gasteiger partial charge in [-0.1, -0.05) is 78.9 Å². The van der Waals surface area contributed by atoms with Gasteiger partial charge in [-0.05, 0) is 17.2 Å². The number of rotatable bonds is 4. The maximum absolute atomic E-state index is 6.25. The Labute approximate surface area is 136 Å². The van der Waals surface area contributed by atoms with E-state index >= 15 is 0 Å². The van der Waals surface area contributed by atoms with E-state index in [-0.39, 0.29) is 6.10 Å². The highest BCUT2D eigenvalue weighted by Gasteiger charge is 2.28. The minimum atomic E-state index is -0.117. The lowest BCUT2D eigenvalue weighted by atomic mass is 10.0. The number of aliphatic imine (C=N–C) groups is 1. The summed E-state index contributed by atoms with van der Waals surface area (Å²) in [7, 11) is 0. The fourth-order valence-corrected chi connectivity index (χ4v) is 2.89. The molecule has 3 aromatic carbocycles. The highest BCUT2D eigenvalue weighted by Crippen LogP contribution is 2.38. The van der Waals surface area contributed by atoms with Gasteiger partial charge in [0.05, 0.1) is 18.0 Å². The first-order valence-corrected chi connectivity index (χ1v) is 7.80. The van der Waals surface area contributed by atoms with Crippen LogP contribution >= 0.6 is 0 Å². The summed E-state index contributed by atoms with van der Waals surface area (Å²) in [6.45, 7) is 0.575. The van der Waals surface area contributed by atoms with Crippen LogP contribution in [-0.4, -0.2) is 5.71 Å². The van der Waals surface area contributed by atoms with Gasteiger partial charge < -0.3 is 4.74 Å². The molecule has 1 heterocycles. The van der Waals surface area contributed by atoms with Crippen LogP contribution in [0.4, 0.5) is 5.69 Å². The second kappa shape index (κ2) is 6.19. The molecule has 1 unspecified atom stereocenters. The molecule has 0 bridgehead atoms. The largest absolute Gasteiger partial charge is 0.362 e. The van der Waals surface area contributed by atoms with E-state index in [4.69, 9.17) is 9.73 Å². The zero-order valence-corrected chi connectivity index (χ0v) is 12.7. The van der Waals surface area contributed by atoms with Gasteiger partial charge in [0.1, 0.15) is 6.10 Å². The quantitative estimate of drug-likeness (QED) is 0.658. The number of ether oxygens (including phenoxy) is 1. The molecule has 3 aromatic rings. The minimum Gasteiger partial charge on any atom is -0.362 e. The fraction of sp³-hybridized carbons (Fsp3) is 0.0952. The molecule has 0 saturated carbocycles. The third-order valence-corrected chi connectivity index (χ3v) is 4.04. The van der Waals surface area contributed by atoms with Crippen LogP contribution in [0.3, 0.4) is 0 Å². The molecule has 0 fully saturated rings. The maximum atomic E-state index is 6.25. The average molecular weight is 299 g/mol. The molecule has 1 atom stereocenters. The van der Waals surface area contributed by atoms with Gasteiger partial charge in [0, 0.05) is 5.56 Å². The standard InChI is InChI=1S/C21H17NO/c1-3-9-16(10-4-1)15-23-21-18-13-7-8-14-19(18)22-20(21)17-11-5-2-6-12-17/h1-14,21H,15H2. The van der Waals surface area contributed by atoms with Crippen molar-refractivity contribution in [2.75, 3.05) is 0 Å². The average Bonchev–Trinajstić information content (AvgIpc) is 3.00. The number of nitrogens with zero attached hydrogens (tertiary/aromatic N) is 1. The van der Waals surface area contributed by atoms with Crippen molar-refractivity contribution in [1.82, 2.24) is 0 Å². The van der Waals surface area contributed by atoms with Crippen molar-refractivity contribution in [1.29, 1.82) is 0 Å². The SMILES string of the molecule is c1ccc(COC2C(c3ccccc3)=Nc3ccccc32)cc1. The van der Waals surface area contributed by atoms with Gasteiger partial charge in [0.15, 0.2) is 0 Å². The molecule has 0 amide bonds. The maximum Gasteiger partial charge on any atom is 0.128 e. The number of hydrogen-bond donors (Lipinski definition) is 0. The van der Waals surface area contributed by atoms with E-state index in [1.807, 2.05) is 54.6 Å². The molecule has 1 aliphatic heterocycles. The van der Waals surface area contributed by atoms with Crippen LogP contribution < -0.4 is 0 Å². The van der Waals surface area contributed by atoms with E-state index in [0.29, 0.717) is 6.61 Å². The Hall–Kier alpha value is -2.71. The van der Waals surface area contributed by atoms with Crippen molar-refractivity contribution in [3.8, 4) is 0 Å². The molecule has 0 radical (unpaired) electrons. The second-order valence-electron chi connectivity index (χ2n) is 5.60. The molecule has 23 heavy (non-hydrogen) atoms. The zero-order valence-electron chi connectivity index (χ0n) is 12.7. The van der Waals surface area contributed by atoms with Crippen LogP contribution in [0.25, 0.3) is 0 Å². The first kappa shape index (κ1) is 13.9. The summed E-state index contributed by atoms with van der Waals surface area (Å²) in [5, 5.41) is 0. The number of hydrogen-bond acceptors (Lipinski definition) is 2. The van der Waals surface area contributed by atoms with Gasteiger partial charge >= 0.3 is 0 Å². The molecule has 4 rings (SSSR count). The predicted molar refractivity (Wildman–Crippen MR) is 93.1 cm³/mol. The van der Waals surface area contributed by atoms with Crippen LogP contribution in [0.5, 0.6) is 0 Å². The zero-order chi connectivity index (χ0) is 15.5. The van der Waals surface area contributed by atoms with Gasteiger partial charge in [-0.3, -0.25) is 0 Å². The Balaban J connectivity index is 1.65. The van der Waals surface area contributed by atoms with Crippen LogP contribution in [-0.2, 0) is 11.3 Å². The molecule has 112 valence electrons. The van der Waals surface area contributed by atoms with Crippen molar-refractivity contribution in [2.24, 2.45) is 4.99 Å². The Bertz CT molecular complexity index is 825. The minimum absolute atomic E-state index is 0.117. The number of para-hydroxylation sites is 1.